The molecule has 0 unspecified atom stereocenters. The van der Waals surface area contributed by atoms with Crippen molar-refractivity contribution in [2.45, 2.75) is 43.9 Å². The van der Waals surface area contributed by atoms with Crippen LogP contribution in [0.5, 0.6) is 0 Å². The third kappa shape index (κ3) is 3.17. The molecule has 0 spiro atoms. The molecule has 0 aliphatic heterocycles. The molecule has 3 heteroatoms. The van der Waals surface area contributed by atoms with Gasteiger partial charge in [0.15, 0.2) is 0 Å². The van der Waals surface area contributed by atoms with E-state index in [0.29, 0.717) is 11.0 Å². The highest BCUT2D eigenvalue weighted by atomic mass is 16.5. The Morgan fingerprint density at radius 1 is 0.929 bits per heavy atom. The number of methoxy groups -OCH3 is 1. The molecule has 0 heterocycles. The van der Waals surface area contributed by atoms with Gasteiger partial charge in [-0.05, 0) is 97.1 Å². The molecule has 0 atom stereocenters. The van der Waals surface area contributed by atoms with Crippen LogP contribution in [0.3, 0.4) is 0 Å². The lowest BCUT2D eigenvalue weighted by Crippen LogP contribution is -2.48. The number of benzene rings is 2. The highest BCUT2D eigenvalue weighted by Gasteiger charge is 2.51. The van der Waals surface area contributed by atoms with E-state index >= 15 is 0 Å². The van der Waals surface area contributed by atoms with Crippen LogP contribution >= 0.6 is 0 Å². The zero-order chi connectivity index (χ0) is 19.1. The quantitative estimate of drug-likeness (QED) is 0.510. The fraction of sp³-hybridized carbons (Fsp3) is 0.440. The van der Waals surface area contributed by atoms with E-state index in [-0.39, 0.29) is 5.97 Å². The van der Waals surface area contributed by atoms with Crippen molar-refractivity contribution in [1.29, 1.82) is 0 Å². The topological polar surface area (TPSA) is 38.7 Å². The van der Waals surface area contributed by atoms with Crippen molar-refractivity contribution in [1.82, 2.24) is 0 Å². The van der Waals surface area contributed by atoms with E-state index in [9.17, 15) is 4.79 Å². The number of hydrogen-bond acceptors (Lipinski definition) is 3. The van der Waals surface area contributed by atoms with Gasteiger partial charge >= 0.3 is 5.97 Å². The first-order chi connectivity index (χ1) is 13.6. The van der Waals surface area contributed by atoms with Gasteiger partial charge in [-0.15, -0.1) is 0 Å². The monoisotopic (exact) mass is 373 g/mol. The van der Waals surface area contributed by atoms with Crippen LogP contribution in [0, 0.1) is 17.8 Å². The van der Waals surface area contributed by atoms with Gasteiger partial charge in [0.25, 0.3) is 0 Å². The van der Waals surface area contributed by atoms with Crippen LogP contribution in [0.15, 0.2) is 53.5 Å². The first kappa shape index (κ1) is 17.7. The second kappa shape index (κ2) is 6.88. The van der Waals surface area contributed by atoms with E-state index in [0.717, 1.165) is 29.0 Å². The van der Waals surface area contributed by atoms with Gasteiger partial charge in [-0.1, -0.05) is 24.3 Å². The van der Waals surface area contributed by atoms with Crippen molar-refractivity contribution in [3.05, 3.63) is 65.2 Å². The minimum atomic E-state index is -0.316. The number of carbonyl (C=O) groups is 1. The molecule has 4 fully saturated rings. The Morgan fingerprint density at radius 2 is 1.50 bits per heavy atom. The summed E-state index contributed by atoms with van der Waals surface area (Å²) < 4.78 is 4.73. The van der Waals surface area contributed by atoms with Crippen molar-refractivity contribution in [3.8, 4) is 0 Å². The number of rotatable bonds is 4. The van der Waals surface area contributed by atoms with Crippen LogP contribution in [0.25, 0.3) is 0 Å². The Kier molecular flexibility index (Phi) is 4.34. The molecule has 0 saturated heterocycles. The zero-order valence-electron chi connectivity index (χ0n) is 16.4. The normalized spacial score (nSPS) is 30.7. The van der Waals surface area contributed by atoms with Crippen LogP contribution in [0.4, 0.5) is 5.69 Å². The van der Waals surface area contributed by atoms with Crippen molar-refractivity contribution >= 4 is 17.9 Å². The summed E-state index contributed by atoms with van der Waals surface area (Å²) in [6, 6.07) is 16.3. The molecule has 0 N–H and O–H groups in total. The number of esters is 1. The average molecular weight is 373 g/mol. The predicted octanol–water partition coefficient (Wildman–Crippen LogP) is 5.69. The van der Waals surface area contributed by atoms with Gasteiger partial charge in [0, 0.05) is 6.21 Å². The highest BCUT2D eigenvalue weighted by molar-refractivity contribution is 5.90. The van der Waals surface area contributed by atoms with Crippen LogP contribution in [-0.4, -0.2) is 19.3 Å². The number of hydrogen-bond donors (Lipinski definition) is 0. The molecule has 0 amide bonds. The summed E-state index contributed by atoms with van der Waals surface area (Å²) in [7, 11) is 1.39. The van der Waals surface area contributed by atoms with Gasteiger partial charge in [-0.2, -0.15) is 0 Å². The molecule has 4 bridgehead atoms. The van der Waals surface area contributed by atoms with Crippen LogP contribution in [-0.2, 0) is 10.2 Å². The minimum Gasteiger partial charge on any atom is -0.465 e. The van der Waals surface area contributed by atoms with Gasteiger partial charge in [-0.25, -0.2) is 4.79 Å². The van der Waals surface area contributed by atoms with E-state index in [1.54, 1.807) is 12.1 Å². The summed E-state index contributed by atoms with van der Waals surface area (Å²) in [5.74, 6) is 2.59. The Morgan fingerprint density at radius 3 is 2.04 bits per heavy atom. The maximum atomic E-state index is 11.5. The lowest BCUT2D eigenvalue weighted by molar-refractivity contribution is -0.00518. The molecular weight excluding hydrogens is 346 g/mol. The molecule has 3 nitrogen and oxygen atoms in total. The molecule has 2 aromatic rings. The number of carbonyl (C=O) groups excluding carboxylic acids is 1. The second-order valence-corrected chi connectivity index (χ2v) is 9.12. The smallest absolute Gasteiger partial charge is 0.337 e. The van der Waals surface area contributed by atoms with E-state index in [4.69, 9.17) is 4.74 Å². The third-order valence-corrected chi connectivity index (χ3v) is 7.21. The van der Waals surface area contributed by atoms with Gasteiger partial charge in [0.05, 0.1) is 18.4 Å². The van der Waals surface area contributed by atoms with Gasteiger partial charge in [0.2, 0.25) is 0 Å². The Bertz CT molecular complexity index is 860. The molecule has 0 aromatic heterocycles. The second-order valence-electron chi connectivity index (χ2n) is 9.12. The Labute approximate surface area is 166 Å². The molecule has 144 valence electrons. The molecule has 0 radical (unpaired) electrons. The van der Waals surface area contributed by atoms with Crippen molar-refractivity contribution < 1.29 is 9.53 Å². The van der Waals surface area contributed by atoms with Crippen molar-refractivity contribution in [2.75, 3.05) is 7.11 Å². The molecule has 4 aliphatic rings. The molecule has 4 aliphatic carbocycles. The van der Waals surface area contributed by atoms with Gasteiger partial charge in [-0.3, -0.25) is 4.99 Å². The van der Waals surface area contributed by atoms with E-state index in [1.807, 2.05) is 18.3 Å². The lowest BCUT2D eigenvalue weighted by atomic mass is 9.48. The SMILES string of the molecule is COC(=O)c1ccc(C=Nc2ccc(C34CC5CC(CC(C5)C3)C4)cc2)cc1. The van der Waals surface area contributed by atoms with Crippen LogP contribution in [0.2, 0.25) is 0 Å². The summed E-state index contributed by atoms with van der Waals surface area (Å²) in [5, 5.41) is 0. The fourth-order valence-electron chi connectivity index (χ4n) is 6.34. The van der Waals surface area contributed by atoms with Gasteiger partial charge < -0.3 is 4.74 Å². The molecular formula is C25H27NO2. The molecule has 4 saturated carbocycles. The predicted molar refractivity (Wildman–Crippen MR) is 111 cm³/mol. The lowest BCUT2D eigenvalue weighted by Gasteiger charge is -2.57. The zero-order valence-corrected chi connectivity index (χ0v) is 16.4. The first-order valence-corrected chi connectivity index (χ1v) is 10.5. The van der Waals surface area contributed by atoms with E-state index in [2.05, 4.69) is 29.3 Å². The molecule has 28 heavy (non-hydrogen) atoms. The first-order valence-electron chi connectivity index (χ1n) is 10.5. The summed E-state index contributed by atoms with van der Waals surface area (Å²) in [6.45, 7) is 0. The third-order valence-electron chi connectivity index (χ3n) is 7.21. The van der Waals surface area contributed by atoms with Crippen LogP contribution in [0.1, 0.15) is 60.0 Å². The number of nitrogens with zero attached hydrogens (tertiary/aromatic N) is 1. The number of ether oxygens (including phenoxy) is 1. The molecule has 6 rings (SSSR count). The average Bonchev–Trinajstić information content (AvgIpc) is 2.71. The standard InChI is InChI=1S/C25H27NO2/c1-28-24(27)21-4-2-17(3-5-21)16-26-23-8-6-22(7-9-23)25-13-18-10-19(14-25)12-20(11-18)15-25/h2-9,16,18-20H,10-15H2,1H3. The number of aliphatic imine (C=N–C) groups is 1. The Balaban J connectivity index is 1.30. The summed E-state index contributed by atoms with van der Waals surface area (Å²) in [5.41, 5.74) is 4.48. The van der Waals surface area contributed by atoms with E-state index in [1.165, 1.54) is 51.2 Å². The fourth-order valence-corrected chi connectivity index (χ4v) is 6.34. The summed E-state index contributed by atoms with van der Waals surface area (Å²) in [6.07, 6.45) is 10.5. The Hall–Kier alpha value is -2.42. The van der Waals surface area contributed by atoms with Gasteiger partial charge in [0.1, 0.15) is 0 Å². The minimum absolute atomic E-state index is 0.316. The van der Waals surface area contributed by atoms with Crippen molar-refractivity contribution in [3.63, 3.8) is 0 Å². The van der Waals surface area contributed by atoms with E-state index < -0.39 is 0 Å². The summed E-state index contributed by atoms with van der Waals surface area (Å²) >= 11 is 0. The largest absolute Gasteiger partial charge is 0.465 e. The highest BCUT2D eigenvalue weighted by Crippen LogP contribution is 2.60. The maximum Gasteiger partial charge on any atom is 0.337 e. The molecule has 2 aromatic carbocycles. The van der Waals surface area contributed by atoms with Crippen LogP contribution < -0.4 is 0 Å². The maximum absolute atomic E-state index is 11.5. The summed E-state index contributed by atoms with van der Waals surface area (Å²) in [4.78, 5) is 16.1. The van der Waals surface area contributed by atoms with Crippen molar-refractivity contribution in [2.24, 2.45) is 22.7 Å².